The van der Waals surface area contributed by atoms with E-state index in [9.17, 15) is 22.8 Å². The van der Waals surface area contributed by atoms with E-state index in [2.05, 4.69) is 15.6 Å². The molecule has 2 aromatic carbocycles. The van der Waals surface area contributed by atoms with Crippen LogP contribution in [0.25, 0.3) is 11.0 Å². The SMILES string of the molecule is O=C(N[C@@H]1CNCC[C@@H]1C(=O)NO)c1ccc(Cn2c(C(F)(F)F)nc3ccccc32)cc1. The number of nitrogens with zero attached hydrogens (tertiary/aromatic N) is 2. The predicted octanol–water partition coefficient (Wildman–Crippen LogP) is 2.32. The van der Waals surface area contributed by atoms with Crippen LogP contribution in [0, 0.1) is 5.92 Å². The number of carbonyl (C=O) groups excluding carboxylic acids is 2. The maximum atomic E-state index is 13.5. The van der Waals surface area contributed by atoms with Gasteiger partial charge in [0.2, 0.25) is 11.7 Å². The number of fused-ring (bicyclic) bond motifs is 1. The highest BCUT2D eigenvalue weighted by Gasteiger charge is 2.37. The fraction of sp³-hybridized carbons (Fsp3) is 0.318. The van der Waals surface area contributed by atoms with Gasteiger partial charge in [-0.05, 0) is 42.8 Å². The van der Waals surface area contributed by atoms with Crippen molar-refractivity contribution in [2.45, 2.75) is 25.2 Å². The number of nitrogens with one attached hydrogen (secondary N) is 3. The molecule has 1 fully saturated rings. The van der Waals surface area contributed by atoms with Crippen LogP contribution in [-0.2, 0) is 17.5 Å². The van der Waals surface area contributed by atoms with Crippen molar-refractivity contribution < 1.29 is 28.0 Å². The molecule has 33 heavy (non-hydrogen) atoms. The summed E-state index contributed by atoms with van der Waals surface area (Å²) in [6.07, 6.45) is -4.15. The topological polar surface area (TPSA) is 108 Å². The number of para-hydroxylation sites is 2. The zero-order valence-electron chi connectivity index (χ0n) is 17.4. The zero-order valence-corrected chi connectivity index (χ0v) is 17.4. The van der Waals surface area contributed by atoms with Crippen molar-refractivity contribution in [1.29, 1.82) is 0 Å². The summed E-state index contributed by atoms with van der Waals surface area (Å²) >= 11 is 0. The molecule has 1 aliphatic heterocycles. The number of piperidine rings is 1. The van der Waals surface area contributed by atoms with Gasteiger partial charge in [-0.1, -0.05) is 24.3 Å². The standard InChI is InChI=1S/C22H22F3N5O3/c23-22(24,25)21-28-16-3-1-2-4-18(16)30(21)12-13-5-7-14(8-6-13)19(31)27-17-11-26-10-9-15(17)20(32)29-33/h1-8,15,17,26,33H,9-12H2,(H,27,31)(H,29,32)/t15-,17+/m0/s1. The molecule has 2 atom stereocenters. The highest BCUT2D eigenvalue weighted by molar-refractivity contribution is 5.95. The zero-order chi connectivity index (χ0) is 23.6. The van der Waals surface area contributed by atoms with E-state index < -0.39 is 35.8 Å². The van der Waals surface area contributed by atoms with Crippen molar-refractivity contribution in [3.8, 4) is 0 Å². The fourth-order valence-electron chi connectivity index (χ4n) is 4.05. The molecule has 8 nitrogen and oxygen atoms in total. The molecule has 4 N–H and O–H groups in total. The van der Waals surface area contributed by atoms with Crippen LogP contribution in [-0.4, -0.2) is 45.7 Å². The minimum absolute atomic E-state index is 0.0669. The highest BCUT2D eigenvalue weighted by Crippen LogP contribution is 2.32. The first-order chi connectivity index (χ1) is 15.8. The Balaban J connectivity index is 1.51. The van der Waals surface area contributed by atoms with Gasteiger partial charge in [0.25, 0.3) is 5.91 Å². The van der Waals surface area contributed by atoms with Crippen LogP contribution in [0.15, 0.2) is 48.5 Å². The lowest BCUT2D eigenvalue weighted by molar-refractivity contribution is -0.146. The molecule has 11 heteroatoms. The maximum Gasteiger partial charge on any atom is 0.449 e. The van der Waals surface area contributed by atoms with Crippen LogP contribution in [0.4, 0.5) is 13.2 Å². The Morgan fingerprint density at radius 3 is 2.58 bits per heavy atom. The van der Waals surface area contributed by atoms with Crippen molar-refractivity contribution in [1.82, 2.24) is 25.7 Å². The Morgan fingerprint density at radius 1 is 1.15 bits per heavy atom. The van der Waals surface area contributed by atoms with Gasteiger partial charge >= 0.3 is 6.18 Å². The van der Waals surface area contributed by atoms with Crippen molar-refractivity contribution >= 4 is 22.8 Å². The van der Waals surface area contributed by atoms with E-state index in [1.165, 1.54) is 18.2 Å². The van der Waals surface area contributed by atoms with Gasteiger partial charge in [0, 0.05) is 18.7 Å². The van der Waals surface area contributed by atoms with Crippen LogP contribution in [0.1, 0.15) is 28.2 Å². The normalized spacial score (nSPS) is 18.8. The molecule has 2 amide bonds. The molecule has 2 heterocycles. The van der Waals surface area contributed by atoms with Gasteiger partial charge in [-0.2, -0.15) is 13.2 Å². The number of benzene rings is 2. The summed E-state index contributed by atoms with van der Waals surface area (Å²) in [6.45, 7) is 0.889. The van der Waals surface area contributed by atoms with Crippen LogP contribution >= 0.6 is 0 Å². The molecule has 3 aromatic rings. The summed E-state index contributed by atoms with van der Waals surface area (Å²) in [5.41, 5.74) is 3.12. The van der Waals surface area contributed by atoms with E-state index in [0.717, 1.165) is 4.57 Å². The maximum absolute atomic E-state index is 13.5. The van der Waals surface area contributed by atoms with E-state index in [4.69, 9.17) is 5.21 Å². The lowest BCUT2D eigenvalue weighted by Gasteiger charge is -2.31. The Hall–Kier alpha value is -3.44. The van der Waals surface area contributed by atoms with Crippen LogP contribution < -0.4 is 16.1 Å². The molecular formula is C22H22F3N5O3. The monoisotopic (exact) mass is 461 g/mol. The van der Waals surface area contributed by atoms with Gasteiger partial charge in [0.05, 0.1) is 23.0 Å². The third-order valence-corrected chi connectivity index (χ3v) is 5.71. The summed E-state index contributed by atoms with van der Waals surface area (Å²) in [5, 5.41) is 14.8. The largest absolute Gasteiger partial charge is 0.449 e. The summed E-state index contributed by atoms with van der Waals surface area (Å²) in [5.74, 6) is -2.54. The number of halogens is 3. The average molecular weight is 461 g/mol. The molecule has 1 aliphatic rings. The second kappa shape index (κ2) is 9.20. The third kappa shape index (κ3) is 4.83. The summed E-state index contributed by atoms with van der Waals surface area (Å²) in [6, 6.07) is 12.1. The number of imidazole rings is 1. The number of carbonyl (C=O) groups is 2. The van der Waals surface area contributed by atoms with Crippen LogP contribution in [0.5, 0.6) is 0 Å². The first-order valence-electron chi connectivity index (χ1n) is 10.3. The predicted molar refractivity (Wildman–Crippen MR) is 112 cm³/mol. The van der Waals surface area contributed by atoms with Gasteiger partial charge in [0.1, 0.15) is 0 Å². The van der Waals surface area contributed by atoms with E-state index in [1.807, 2.05) is 0 Å². The third-order valence-electron chi connectivity index (χ3n) is 5.71. The van der Waals surface area contributed by atoms with Crippen molar-refractivity contribution in [2.24, 2.45) is 5.92 Å². The van der Waals surface area contributed by atoms with Crippen molar-refractivity contribution in [2.75, 3.05) is 13.1 Å². The minimum Gasteiger partial charge on any atom is -0.347 e. The van der Waals surface area contributed by atoms with Crippen molar-refractivity contribution in [3.63, 3.8) is 0 Å². The average Bonchev–Trinajstić information content (AvgIpc) is 3.18. The Kier molecular flexibility index (Phi) is 6.34. The number of hydrogen-bond acceptors (Lipinski definition) is 5. The van der Waals surface area contributed by atoms with E-state index in [0.29, 0.717) is 36.2 Å². The molecular weight excluding hydrogens is 439 g/mol. The second-order valence-electron chi connectivity index (χ2n) is 7.86. The quantitative estimate of drug-likeness (QED) is 0.345. The number of hydroxylamine groups is 1. The molecule has 4 rings (SSSR count). The molecule has 0 spiro atoms. The smallest absolute Gasteiger partial charge is 0.347 e. The number of rotatable bonds is 5. The van der Waals surface area contributed by atoms with Gasteiger partial charge < -0.3 is 15.2 Å². The van der Waals surface area contributed by atoms with E-state index in [-0.39, 0.29) is 12.1 Å². The number of hydrogen-bond donors (Lipinski definition) is 4. The molecule has 1 aromatic heterocycles. The van der Waals surface area contributed by atoms with Gasteiger partial charge in [-0.15, -0.1) is 0 Å². The molecule has 0 unspecified atom stereocenters. The Labute approximate surface area is 186 Å². The summed E-state index contributed by atoms with van der Waals surface area (Å²) in [7, 11) is 0. The van der Waals surface area contributed by atoms with Gasteiger partial charge in [0.15, 0.2) is 0 Å². The molecule has 174 valence electrons. The minimum atomic E-state index is -4.61. The Morgan fingerprint density at radius 2 is 1.88 bits per heavy atom. The summed E-state index contributed by atoms with van der Waals surface area (Å²) < 4.78 is 41.6. The second-order valence-corrected chi connectivity index (χ2v) is 7.86. The molecule has 0 saturated carbocycles. The van der Waals surface area contributed by atoms with Gasteiger partial charge in [-0.25, -0.2) is 10.5 Å². The molecule has 0 aliphatic carbocycles. The molecule has 1 saturated heterocycles. The lowest BCUT2D eigenvalue weighted by atomic mass is 9.91. The first kappa shape index (κ1) is 22.7. The van der Waals surface area contributed by atoms with E-state index in [1.54, 1.807) is 35.8 Å². The molecule has 0 radical (unpaired) electrons. The van der Waals surface area contributed by atoms with Gasteiger partial charge in [-0.3, -0.25) is 14.8 Å². The van der Waals surface area contributed by atoms with Crippen molar-refractivity contribution in [3.05, 3.63) is 65.5 Å². The van der Waals surface area contributed by atoms with Crippen LogP contribution in [0.3, 0.4) is 0 Å². The lowest BCUT2D eigenvalue weighted by Crippen LogP contribution is -2.55. The number of alkyl halides is 3. The first-order valence-corrected chi connectivity index (χ1v) is 10.3. The Bertz CT molecular complexity index is 1160. The van der Waals surface area contributed by atoms with E-state index >= 15 is 0 Å². The number of amides is 2. The fourth-order valence-corrected chi connectivity index (χ4v) is 4.05. The highest BCUT2D eigenvalue weighted by atomic mass is 19.4. The molecule has 0 bridgehead atoms. The number of aromatic nitrogens is 2. The summed E-state index contributed by atoms with van der Waals surface area (Å²) in [4.78, 5) is 28.3. The van der Waals surface area contributed by atoms with Crippen LogP contribution in [0.2, 0.25) is 0 Å².